The first kappa shape index (κ1) is 15.6. The number of piperazine rings is 1. The van der Waals surface area contributed by atoms with E-state index in [4.69, 9.17) is 4.74 Å². The number of hydrogen-bond donors (Lipinski definition) is 0. The monoisotopic (exact) mass is 313 g/mol. The fourth-order valence-electron chi connectivity index (χ4n) is 2.88. The Hall–Kier alpha value is -2.27. The highest BCUT2D eigenvalue weighted by molar-refractivity contribution is 5.91. The fraction of sp³-hybridized carbons (Fsp3) is 0.389. The quantitative estimate of drug-likeness (QED) is 0.813. The lowest BCUT2D eigenvalue weighted by atomic mass is 10.1. The number of carbonyl (C=O) groups is 1. The number of anilines is 1. The summed E-state index contributed by atoms with van der Waals surface area (Å²) in [6.07, 6.45) is 4.01. The van der Waals surface area contributed by atoms with Crippen molar-refractivity contribution in [1.29, 1.82) is 0 Å². The highest BCUT2D eigenvalue weighted by Gasteiger charge is 2.19. The van der Waals surface area contributed by atoms with Crippen LogP contribution in [0.25, 0.3) is 5.69 Å². The number of nitrogens with zero attached hydrogens (tertiary/aromatic N) is 3. The molecule has 0 unspecified atom stereocenters. The van der Waals surface area contributed by atoms with Gasteiger partial charge in [0.05, 0.1) is 23.5 Å². The predicted molar refractivity (Wildman–Crippen MR) is 91.4 cm³/mol. The first-order valence-corrected chi connectivity index (χ1v) is 8.07. The third-order valence-electron chi connectivity index (χ3n) is 4.21. The smallest absolute Gasteiger partial charge is 0.338 e. The third kappa shape index (κ3) is 3.40. The molecule has 5 nitrogen and oxygen atoms in total. The van der Waals surface area contributed by atoms with E-state index >= 15 is 0 Å². The molecule has 0 amide bonds. The topological polar surface area (TPSA) is 37.7 Å². The average molecular weight is 313 g/mol. The maximum Gasteiger partial charge on any atom is 0.338 e. The molecule has 0 spiro atoms. The summed E-state index contributed by atoms with van der Waals surface area (Å²) in [5.74, 6) is -0.272. The third-order valence-corrected chi connectivity index (χ3v) is 4.21. The van der Waals surface area contributed by atoms with Gasteiger partial charge in [0.25, 0.3) is 0 Å². The number of carbonyl (C=O) groups excluding carboxylic acids is 1. The number of ether oxygens (including phenoxy) is 1. The zero-order chi connectivity index (χ0) is 16.2. The van der Waals surface area contributed by atoms with Crippen LogP contribution in [-0.2, 0) is 4.74 Å². The van der Waals surface area contributed by atoms with Gasteiger partial charge in [0.1, 0.15) is 0 Å². The van der Waals surface area contributed by atoms with E-state index in [2.05, 4.69) is 21.4 Å². The molecule has 0 atom stereocenters. The summed E-state index contributed by atoms with van der Waals surface area (Å²) in [4.78, 5) is 16.8. The van der Waals surface area contributed by atoms with Crippen molar-refractivity contribution in [3.63, 3.8) is 0 Å². The van der Waals surface area contributed by atoms with Crippen LogP contribution in [0.3, 0.4) is 0 Å². The van der Waals surface area contributed by atoms with Gasteiger partial charge in [-0.1, -0.05) is 0 Å². The number of likely N-dealkylation sites (N-methyl/N-ethyl adjacent to an activating group) is 1. The summed E-state index contributed by atoms with van der Waals surface area (Å²) < 4.78 is 7.18. The highest BCUT2D eigenvalue weighted by Crippen LogP contribution is 2.27. The van der Waals surface area contributed by atoms with Crippen molar-refractivity contribution in [2.24, 2.45) is 0 Å². The largest absolute Gasteiger partial charge is 0.462 e. The van der Waals surface area contributed by atoms with Gasteiger partial charge in [-0.15, -0.1) is 0 Å². The normalized spacial score (nSPS) is 15.7. The lowest BCUT2D eigenvalue weighted by Crippen LogP contribution is -2.44. The molecule has 1 fully saturated rings. The minimum atomic E-state index is -0.272. The number of rotatable bonds is 4. The van der Waals surface area contributed by atoms with E-state index in [1.165, 1.54) is 0 Å². The van der Waals surface area contributed by atoms with Crippen molar-refractivity contribution in [2.75, 3.05) is 44.7 Å². The Morgan fingerprint density at radius 1 is 1.09 bits per heavy atom. The molecule has 122 valence electrons. The number of benzene rings is 1. The molecule has 0 saturated carbocycles. The first-order chi connectivity index (χ1) is 11.2. The molecule has 1 aliphatic heterocycles. The highest BCUT2D eigenvalue weighted by atomic mass is 16.5. The van der Waals surface area contributed by atoms with Gasteiger partial charge >= 0.3 is 5.97 Å². The molecule has 2 heterocycles. The number of esters is 1. The molecule has 1 aromatic carbocycles. The van der Waals surface area contributed by atoms with Crippen LogP contribution in [0.1, 0.15) is 17.3 Å². The van der Waals surface area contributed by atoms with Crippen molar-refractivity contribution in [2.45, 2.75) is 6.92 Å². The van der Waals surface area contributed by atoms with Gasteiger partial charge in [-0.2, -0.15) is 0 Å². The summed E-state index contributed by atoms with van der Waals surface area (Å²) in [5.41, 5.74) is 2.76. The Morgan fingerprint density at radius 2 is 1.78 bits per heavy atom. The lowest BCUT2D eigenvalue weighted by molar-refractivity contribution is 0.0526. The van der Waals surface area contributed by atoms with Gasteiger partial charge in [-0.05, 0) is 44.3 Å². The van der Waals surface area contributed by atoms with Gasteiger partial charge < -0.3 is 19.1 Å². The SMILES string of the molecule is CCOC(=O)c1ccc(N2CCN(C)CC2)c(-n2cccc2)c1. The van der Waals surface area contributed by atoms with E-state index in [9.17, 15) is 4.79 Å². The van der Waals surface area contributed by atoms with E-state index in [-0.39, 0.29) is 5.97 Å². The minimum absolute atomic E-state index is 0.272. The van der Waals surface area contributed by atoms with Crippen molar-refractivity contribution in [3.8, 4) is 5.69 Å². The average Bonchev–Trinajstić information content (AvgIpc) is 3.10. The second-order valence-corrected chi connectivity index (χ2v) is 5.80. The molecule has 1 aliphatic rings. The van der Waals surface area contributed by atoms with Crippen molar-refractivity contribution in [1.82, 2.24) is 9.47 Å². The Bertz CT molecular complexity index is 659. The van der Waals surface area contributed by atoms with E-state index in [0.717, 1.165) is 37.6 Å². The zero-order valence-electron chi connectivity index (χ0n) is 13.7. The van der Waals surface area contributed by atoms with Gasteiger partial charge in [0.15, 0.2) is 0 Å². The summed E-state index contributed by atoms with van der Waals surface area (Å²) >= 11 is 0. The lowest BCUT2D eigenvalue weighted by Gasteiger charge is -2.35. The minimum Gasteiger partial charge on any atom is -0.462 e. The van der Waals surface area contributed by atoms with E-state index in [1.54, 1.807) is 0 Å². The fourth-order valence-corrected chi connectivity index (χ4v) is 2.88. The second-order valence-electron chi connectivity index (χ2n) is 5.80. The van der Waals surface area contributed by atoms with Gasteiger partial charge in [0, 0.05) is 38.6 Å². The van der Waals surface area contributed by atoms with Gasteiger partial charge in [-0.25, -0.2) is 4.79 Å². The second kappa shape index (κ2) is 6.87. The van der Waals surface area contributed by atoms with Crippen molar-refractivity contribution >= 4 is 11.7 Å². The predicted octanol–water partition coefficient (Wildman–Crippen LogP) is 2.41. The van der Waals surface area contributed by atoms with Crippen LogP contribution in [0.4, 0.5) is 5.69 Å². The Balaban J connectivity index is 1.97. The first-order valence-electron chi connectivity index (χ1n) is 8.07. The van der Waals surface area contributed by atoms with Crippen LogP contribution in [-0.4, -0.2) is 55.3 Å². The molecule has 0 bridgehead atoms. The summed E-state index contributed by atoms with van der Waals surface area (Å²) in [5, 5.41) is 0. The summed E-state index contributed by atoms with van der Waals surface area (Å²) in [6, 6.07) is 9.80. The molecule has 0 radical (unpaired) electrons. The molecule has 1 saturated heterocycles. The van der Waals surface area contributed by atoms with Crippen LogP contribution >= 0.6 is 0 Å². The van der Waals surface area contributed by atoms with Crippen LogP contribution < -0.4 is 4.90 Å². The summed E-state index contributed by atoms with van der Waals surface area (Å²) in [7, 11) is 2.15. The van der Waals surface area contributed by atoms with Gasteiger partial charge in [-0.3, -0.25) is 0 Å². The molecule has 23 heavy (non-hydrogen) atoms. The van der Waals surface area contributed by atoms with Gasteiger partial charge in [0.2, 0.25) is 0 Å². The Labute approximate surface area is 137 Å². The van der Waals surface area contributed by atoms with Crippen LogP contribution in [0.2, 0.25) is 0 Å². The molecular formula is C18H23N3O2. The Morgan fingerprint density at radius 3 is 2.43 bits per heavy atom. The standard InChI is InChI=1S/C18H23N3O2/c1-3-23-18(22)15-6-7-16(21-12-10-19(2)11-13-21)17(14-15)20-8-4-5-9-20/h4-9,14H,3,10-13H2,1-2H3. The molecule has 0 N–H and O–H groups in total. The summed E-state index contributed by atoms with van der Waals surface area (Å²) in [6.45, 7) is 6.28. The maximum atomic E-state index is 12.0. The van der Waals surface area contributed by atoms with Crippen molar-refractivity contribution < 1.29 is 9.53 Å². The zero-order valence-corrected chi connectivity index (χ0v) is 13.7. The molecule has 3 rings (SSSR count). The van der Waals surface area contributed by atoms with E-state index in [1.807, 2.05) is 49.6 Å². The van der Waals surface area contributed by atoms with E-state index < -0.39 is 0 Å². The molecule has 2 aromatic rings. The van der Waals surface area contributed by atoms with Crippen LogP contribution in [0.15, 0.2) is 42.7 Å². The molecule has 1 aromatic heterocycles. The number of aromatic nitrogens is 1. The molecule has 0 aliphatic carbocycles. The Kier molecular flexibility index (Phi) is 4.67. The van der Waals surface area contributed by atoms with Crippen LogP contribution in [0, 0.1) is 0 Å². The van der Waals surface area contributed by atoms with Crippen LogP contribution in [0.5, 0.6) is 0 Å². The van der Waals surface area contributed by atoms with Crippen molar-refractivity contribution in [3.05, 3.63) is 48.3 Å². The molecule has 5 heteroatoms. The maximum absolute atomic E-state index is 12.0. The van der Waals surface area contributed by atoms with E-state index in [0.29, 0.717) is 12.2 Å². The molecular weight excluding hydrogens is 290 g/mol. The number of hydrogen-bond acceptors (Lipinski definition) is 4.